The second kappa shape index (κ2) is 10.1. The fraction of sp³-hybridized carbons (Fsp3) is 0.448. The Labute approximate surface area is 216 Å². The van der Waals surface area contributed by atoms with Gasteiger partial charge in [0.25, 0.3) is 6.47 Å². The van der Waals surface area contributed by atoms with Crippen LogP contribution in [-0.2, 0) is 16.1 Å². The van der Waals surface area contributed by atoms with Gasteiger partial charge in [0.2, 0.25) is 0 Å². The maximum atomic E-state index is 16.7. The van der Waals surface area contributed by atoms with Crippen LogP contribution in [0.5, 0.6) is 5.75 Å². The van der Waals surface area contributed by atoms with Gasteiger partial charge in [0.1, 0.15) is 18.2 Å². The quantitative estimate of drug-likeness (QED) is 0.394. The molecule has 5 rings (SSSR count). The molecule has 0 aliphatic carbocycles. The van der Waals surface area contributed by atoms with Crippen LogP contribution < -0.4 is 9.64 Å². The van der Waals surface area contributed by atoms with Crippen LogP contribution in [0.4, 0.5) is 15.9 Å². The molecule has 2 unspecified atom stereocenters. The number of aromatic amines is 1. The fourth-order valence-corrected chi connectivity index (χ4v) is 6.39. The Bertz CT molecular complexity index is 1350. The van der Waals surface area contributed by atoms with Gasteiger partial charge in [0.15, 0.2) is 5.82 Å². The van der Waals surface area contributed by atoms with E-state index in [1.807, 2.05) is 30.9 Å². The van der Waals surface area contributed by atoms with Gasteiger partial charge in [-0.05, 0) is 76.8 Å². The van der Waals surface area contributed by atoms with E-state index in [0.29, 0.717) is 46.9 Å². The average molecular weight is 505 g/mol. The smallest absolute Gasteiger partial charge is 0.293 e. The Morgan fingerprint density at radius 2 is 1.97 bits per heavy atom. The van der Waals surface area contributed by atoms with Crippen LogP contribution in [0.25, 0.3) is 10.9 Å². The molecule has 1 aromatic heterocycles. The Morgan fingerprint density at radius 1 is 1.24 bits per heavy atom. The third-order valence-corrected chi connectivity index (χ3v) is 8.17. The first-order chi connectivity index (χ1) is 17.9. The predicted molar refractivity (Wildman–Crippen MR) is 141 cm³/mol. The Kier molecular flexibility index (Phi) is 6.82. The molecule has 2 bridgehead atoms. The van der Waals surface area contributed by atoms with Gasteiger partial charge in [-0.25, -0.2) is 4.39 Å². The van der Waals surface area contributed by atoms with Crippen LogP contribution in [0.3, 0.4) is 0 Å². The lowest BCUT2D eigenvalue weighted by Crippen LogP contribution is -2.39. The molecule has 0 spiro atoms. The molecule has 3 heterocycles. The standard InChI is InChI=1S/C29H33FN4O3/c1-17(2)34(29-23(15-37-16-35)22-8-5-18(14-31)11-24(22)32-29)25-9-10-26(36-4)27(28(25)30)19-12-20-6-7-21(13-19)33(20)3/h5,8-11,16-17,19-21,32H,6-7,12-13,15H2,1-4H3. The van der Waals surface area contributed by atoms with Crippen LogP contribution in [-0.4, -0.2) is 48.6 Å². The molecule has 0 amide bonds. The highest BCUT2D eigenvalue weighted by Gasteiger charge is 2.41. The van der Waals surface area contributed by atoms with E-state index in [2.05, 4.69) is 23.0 Å². The van der Waals surface area contributed by atoms with Crippen molar-refractivity contribution >= 4 is 28.9 Å². The maximum Gasteiger partial charge on any atom is 0.293 e. The van der Waals surface area contributed by atoms with Crippen LogP contribution in [0, 0.1) is 17.1 Å². The Hall–Kier alpha value is -3.57. The minimum absolute atomic E-state index is 0.0247. The lowest BCUT2D eigenvalue weighted by molar-refractivity contribution is -0.129. The number of fused-ring (bicyclic) bond motifs is 3. The molecule has 37 heavy (non-hydrogen) atoms. The van der Waals surface area contributed by atoms with Crippen molar-refractivity contribution in [1.82, 2.24) is 9.88 Å². The van der Waals surface area contributed by atoms with E-state index in [9.17, 15) is 10.1 Å². The fourth-order valence-electron chi connectivity index (χ4n) is 6.39. The summed E-state index contributed by atoms with van der Waals surface area (Å²) in [6, 6.07) is 11.9. The molecule has 2 saturated heterocycles. The number of halogens is 1. The molecule has 1 N–H and O–H groups in total. The number of methoxy groups -OCH3 is 1. The second-order valence-corrected chi connectivity index (χ2v) is 10.4. The summed E-state index contributed by atoms with van der Waals surface area (Å²) in [5.74, 6) is 1.02. The molecule has 0 radical (unpaired) electrons. The lowest BCUT2D eigenvalue weighted by Gasteiger charge is -2.38. The molecule has 3 aromatic rings. The zero-order chi connectivity index (χ0) is 26.3. The Balaban J connectivity index is 1.65. The minimum atomic E-state index is -0.277. The van der Waals surface area contributed by atoms with Crippen molar-refractivity contribution in [3.8, 4) is 11.8 Å². The van der Waals surface area contributed by atoms with Crippen molar-refractivity contribution in [3.05, 3.63) is 52.8 Å². The number of nitrogens with zero attached hydrogens (tertiary/aromatic N) is 3. The predicted octanol–water partition coefficient (Wildman–Crippen LogP) is 5.75. The number of benzene rings is 2. The second-order valence-electron chi connectivity index (χ2n) is 10.4. The molecule has 194 valence electrons. The van der Waals surface area contributed by atoms with Crippen LogP contribution in [0.15, 0.2) is 30.3 Å². The molecule has 2 fully saturated rings. The highest BCUT2D eigenvalue weighted by molar-refractivity contribution is 5.91. The molecular weight excluding hydrogens is 471 g/mol. The number of hydrogen-bond acceptors (Lipinski definition) is 6. The van der Waals surface area contributed by atoms with E-state index in [-0.39, 0.29) is 24.4 Å². The van der Waals surface area contributed by atoms with E-state index in [1.54, 1.807) is 25.3 Å². The van der Waals surface area contributed by atoms with Gasteiger partial charge >= 0.3 is 0 Å². The van der Waals surface area contributed by atoms with Crippen molar-refractivity contribution in [2.75, 3.05) is 19.1 Å². The number of aromatic nitrogens is 1. The number of ether oxygens (including phenoxy) is 2. The highest BCUT2D eigenvalue weighted by atomic mass is 19.1. The summed E-state index contributed by atoms with van der Waals surface area (Å²) in [6.45, 7) is 4.43. The normalized spacial score (nSPS) is 21.3. The number of rotatable bonds is 8. The summed E-state index contributed by atoms with van der Waals surface area (Å²) < 4.78 is 27.5. The highest BCUT2D eigenvalue weighted by Crippen LogP contribution is 2.48. The molecule has 7 nitrogen and oxygen atoms in total. The maximum absolute atomic E-state index is 16.7. The minimum Gasteiger partial charge on any atom is -0.496 e. The first-order valence-corrected chi connectivity index (χ1v) is 12.8. The summed E-state index contributed by atoms with van der Waals surface area (Å²) in [5.41, 5.74) is 3.05. The van der Waals surface area contributed by atoms with Crippen molar-refractivity contribution in [2.45, 2.75) is 70.2 Å². The van der Waals surface area contributed by atoms with Crippen LogP contribution >= 0.6 is 0 Å². The van der Waals surface area contributed by atoms with Crippen molar-refractivity contribution < 1.29 is 18.7 Å². The molecule has 2 aliphatic rings. The molecule has 2 aromatic carbocycles. The number of H-pyrrole nitrogens is 1. The van der Waals surface area contributed by atoms with Gasteiger partial charge in [-0.3, -0.25) is 4.79 Å². The van der Waals surface area contributed by atoms with Crippen LogP contribution in [0.1, 0.15) is 62.1 Å². The summed E-state index contributed by atoms with van der Waals surface area (Å²) >= 11 is 0. The lowest BCUT2D eigenvalue weighted by atomic mass is 9.84. The zero-order valence-corrected chi connectivity index (χ0v) is 21.8. The molecule has 8 heteroatoms. The Morgan fingerprint density at radius 3 is 2.59 bits per heavy atom. The van der Waals surface area contributed by atoms with Gasteiger partial charge in [0, 0.05) is 40.2 Å². The third-order valence-electron chi connectivity index (χ3n) is 8.17. The number of nitriles is 1. The molecule has 2 aliphatic heterocycles. The molecule has 0 saturated carbocycles. The summed E-state index contributed by atoms with van der Waals surface area (Å²) in [4.78, 5) is 18.8. The van der Waals surface area contributed by atoms with Crippen molar-refractivity contribution in [1.29, 1.82) is 5.26 Å². The number of anilines is 2. The van der Waals surface area contributed by atoms with Gasteiger partial charge in [-0.1, -0.05) is 6.07 Å². The zero-order valence-electron chi connectivity index (χ0n) is 21.8. The van der Waals surface area contributed by atoms with E-state index in [0.717, 1.165) is 42.1 Å². The van der Waals surface area contributed by atoms with Gasteiger partial charge in [-0.15, -0.1) is 0 Å². The van der Waals surface area contributed by atoms with E-state index in [4.69, 9.17) is 9.47 Å². The summed E-state index contributed by atoms with van der Waals surface area (Å²) in [6.07, 6.45) is 4.12. The van der Waals surface area contributed by atoms with Gasteiger partial charge < -0.3 is 24.3 Å². The van der Waals surface area contributed by atoms with Gasteiger partial charge in [0.05, 0.1) is 24.4 Å². The largest absolute Gasteiger partial charge is 0.496 e. The van der Waals surface area contributed by atoms with E-state index >= 15 is 4.39 Å². The van der Waals surface area contributed by atoms with Gasteiger partial charge in [-0.2, -0.15) is 5.26 Å². The summed E-state index contributed by atoms with van der Waals surface area (Å²) in [7, 11) is 3.78. The third kappa shape index (κ3) is 4.31. The SMILES string of the molecule is COc1ccc(N(c2[nH]c3cc(C#N)ccc3c2COC=O)C(C)C)c(F)c1C1CC2CCC(C1)N2C. The average Bonchev–Trinajstić information content (AvgIpc) is 3.32. The van der Waals surface area contributed by atoms with E-state index in [1.165, 1.54) is 0 Å². The topological polar surface area (TPSA) is 81.6 Å². The number of hydrogen-bond donors (Lipinski definition) is 1. The number of carbonyl (C=O) groups is 1. The van der Waals surface area contributed by atoms with Crippen molar-refractivity contribution in [2.24, 2.45) is 0 Å². The molecule has 2 atom stereocenters. The summed E-state index contributed by atoms with van der Waals surface area (Å²) in [5, 5.41) is 10.2. The van der Waals surface area contributed by atoms with Crippen LogP contribution in [0.2, 0.25) is 0 Å². The first-order valence-electron chi connectivity index (χ1n) is 12.8. The van der Waals surface area contributed by atoms with Crippen molar-refractivity contribution in [3.63, 3.8) is 0 Å². The number of nitrogens with one attached hydrogen (secondary N) is 1. The number of piperidine rings is 1. The monoisotopic (exact) mass is 504 g/mol. The molecular formula is C29H33FN4O3. The van der Waals surface area contributed by atoms with E-state index < -0.39 is 0 Å². The first kappa shape index (κ1) is 25.1. The number of carbonyl (C=O) groups excluding carboxylic acids is 1.